The minimum Gasteiger partial charge on any atom is -0.463 e. The topological polar surface area (TPSA) is 548 Å². The molecule has 3 fully saturated rings. The molecule has 0 aromatic rings. The second-order valence-electron chi connectivity index (χ2n) is 25.9. The maximum Gasteiger partial charge on any atom is 0.303 e. The molecule has 15 atom stereocenters. The van der Waals surface area contributed by atoms with Gasteiger partial charge >= 0.3 is 53.7 Å². The van der Waals surface area contributed by atoms with Gasteiger partial charge in [-0.2, -0.15) is 0 Å². The Morgan fingerprint density at radius 1 is 0.292 bits per heavy atom. The first kappa shape index (κ1) is 98.7. The number of carbonyl (C=O) groups is 15. The lowest BCUT2D eigenvalue weighted by atomic mass is 9.84. The van der Waals surface area contributed by atoms with Crippen molar-refractivity contribution in [2.24, 2.45) is 5.73 Å². The molecule has 3 saturated heterocycles. The molecule has 6 amide bonds. The first-order valence-corrected chi connectivity index (χ1v) is 36.7. The highest BCUT2D eigenvalue weighted by molar-refractivity contribution is 5.78. The van der Waals surface area contributed by atoms with Crippen LogP contribution in [0.15, 0.2) is 0 Å². The zero-order chi connectivity index (χ0) is 84.0. The summed E-state index contributed by atoms with van der Waals surface area (Å²) >= 11 is 0. The van der Waals surface area contributed by atoms with E-state index in [9.17, 15) is 71.9 Å². The number of amides is 6. The van der Waals surface area contributed by atoms with E-state index in [0.29, 0.717) is 0 Å². The van der Waals surface area contributed by atoms with Crippen LogP contribution in [0.1, 0.15) is 122 Å². The number of rotatable bonds is 54. The molecule has 644 valence electrons. The van der Waals surface area contributed by atoms with Gasteiger partial charge in [0.05, 0.1) is 99.1 Å². The first-order chi connectivity index (χ1) is 53.6. The van der Waals surface area contributed by atoms with Gasteiger partial charge in [-0.1, -0.05) is 0 Å². The minimum atomic E-state index is -1.31. The molecular formula is C70H113N7O36. The Morgan fingerprint density at radius 3 is 0.717 bits per heavy atom. The summed E-state index contributed by atoms with van der Waals surface area (Å²) in [6.45, 7) is 13.2. The largest absolute Gasteiger partial charge is 0.463 e. The van der Waals surface area contributed by atoms with Crippen molar-refractivity contribution >= 4 is 89.2 Å². The third kappa shape index (κ3) is 41.9. The number of carbonyl (C=O) groups excluding carboxylic acids is 15. The fourth-order valence-corrected chi connectivity index (χ4v) is 11.5. The molecule has 0 aliphatic carbocycles. The molecule has 3 rings (SSSR count). The summed E-state index contributed by atoms with van der Waals surface area (Å²) < 4.78 is 117. The van der Waals surface area contributed by atoms with Crippen LogP contribution in [0.25, 0.3) is 0 Å². The fourth-order valence-electron chi connectivity index (χ4n) is 11.5. The molecule has 43 heteroatoms. The lowest BCUT2D eigenvalue weighted by Crippen LogP contribution is -2.66. The minimum absolute atomic E-state index is 0.0155. The van der Waals surface area contributed by atoms with Crippen molar-refractivity contribution in [3.8, 4) is 0 Å². The van der Waals surface area contributed by atoms with Gasteiger partial charge in [0, 0.05) is 128 Å². The molecule has 0 radical (unpaired) electrons. The van der Waals surface area contributed by atoms with Crippen molar-refractivity contribution in [3.05, 3.63) is 0 Å². The molecular weight excluding hydrogens is 1510 g/mol. The van der Waals surface area contributed by atoms with E-state index in [2.05, 4.69) is 31.9 Å². The van der Waals surface area contributed by atoms with Gasteiger partial charge in [0.25, 0.3) is 0 Å². The smallest absolute Gasteiger partial charge is 0.303 e. The summed E-state index contributed by atoms with van der Waals surface area (Å²) in [5.74, 6) is -9.44. The van der Waals surface area contributed by atoms with E-state index in [4.69, 9.17) is 105 Å². The number of nitrogens with two attached hydrogens (primary N) is 1. The quantitative estimate of drug-likeness (QED) is 0.0176. The third-order valence-electron chi connectivity index (χ3n) is 16.1. The summed E-state index contributed by atoms with van der Waals surface area (Å²) in [5.41, 5.74) is 5.70. The highest BCUT2D eigenvalue weighted by atomic mass is 16.7. The molecule has 113 heavy (non-hydrogen) atoms. The summed E-state index contributed by atoms with van der Waals surface area (Å²) in [6.07, 6.45) is -15.3. The number of hydrogen-bond acceptors (Lipinski definition) is 37. The molecule has 0 saturated carbocycles. The van der Waals surface area contributed by atoms with Crippen LogP contribution in [0.5, 0.6) is 0 Å². The Balaban J connectivity index is 1.52. The van der Waals surface area contributed by atoms with Gasteiger partial charge in [0.15, 0.2) is 55.5 Å². The first-order valence-electron chi connectivity index (χ1n) is 36.7. The van der Waals surface area contributed by atoms with Crippen LogP contribution in [-0.2, 0) is 171 Å². The highest BCUT2D eigenvalue weighted by Crippen LogP contribution is 2.32. The zero-order valence-electron chi connectivity index (χ0n) is 66.0. The highest BCUT2D eigenvalue weighted by Gasteiger charge is 2.54. The molecule has 0 spiro atoms. The average molecular weight is 1630 g/mol. The monoisotopic (exact) mass is 1630 g/mol. The standard InChI is InChI=1S/C70H113N7O36/c1-40(78)75-58-64(108-49(10)87)61(105-46(7)84)52(37-102-43(4)81)111-67(58)99-34-31-96-28-25-93-22-19-72-55(90)13-16-70(71,17-14-56(91)73-20-23-94-26-29-97-32-35-100-68-59(76-41(2)79)65(109-50(11)88)62(106-47(8)85)53(112-68)38-103-44(5)82)18-15-57(92)74-21-24-95-27-30-98-33-36-101-69-60(77-42(3)80)66(110-51(12)89)63(107-48(9)86)54(113-69)39-104-45(6)83/h52-54,58-69H,13-39,71H2,1-12H3,(H,72,90)(H,73,91)(H,74,92)(H,75,78)(H,76,79)(H,77,80). The van der Waals surface area contributed by atoms with Crippen LogP contribution in [0, 0.1) is 0 Å². The lowest BCUT2D eigenvalue weighted by molar-refractivity contribution is -0.279. The zero-order valence-corrected chi connectivity index (χ0v) is 66.0. The molecule has 3 heterocycles. The molecule has 8 N–H and O–H groups in total. The maximum atomic E-state index is 13.2. The number of nitrogens with one attached hydrogen (secondary N) is 6. The van der Waals surface area contributed by atoms with Crippen LogP contribution < -0.4 is 37.6 Å². The van der Waals surface area contributed by atoms with Crippen LogP contribution in [0.4, 0.5) is 0 Å². The van der Waals surface area contributed by atoms with E-state index < -0.39 is 206 Å². The molecule has 15 unspecified atom stereocenters. The van der Waals surface area contributed by atoms with Crippen molar-refractivity contribution in [1.82, 2.24) is 31.9 Å². The molecule has 3 aliphatic heterocycles. The van der Waals surface area contributed by atoms with Gasteiger partial charge in [-0.25, -0.2) is 0 Å². The molecule has 43 nitrogen and oxygen atoms in total. The summed E-state index contributed by atoms with van der Waals surface area (Å²) in [6, 6.07) is -3.51. The average Bonchev–Trinajstić information content (AvgIpc) is 0.793. The second kappa shape index (κ2) is 54.3. The number of esters is 9. The van der Waals surface area contributed by atoms with E-state index in [1.54, 1.807) is 0 Å². The summed E-state index contributed by atoms with van der Waals surface area (Å²) in [4.78, 5) is 184. The normalized spacial score (nSPS) is 23.7. The van der Waals surface area contributed by atoms with E-state index >= 15 is 0 Å². The molecule has 0 aromatic carbocycles. The fraction of sp³-hybridized carbons (Fsp3) is 0.786. The summed E-state index contributed by atoms with van der Waals surface area (Å²) in [7, 11) is 0. The maximum absolute atomic E-state index is 13.2. The molecule has 0 aromatic heterocycles. The van der Waals surface area contributed by atoms with E-state index in [-0.39, 0.29) is 157 Å². The van der Waals surface area contributed by atoms with Crippen molar-refractivity contribution in [1.29, 1.82) is 0 Å². The Hall–Kier alpha value is -8.47. The number of ether oxygens (including phenoxy) is 21. The van der Waals surface area contributed by atoms with Gasteiger partial charge in [0.1, 0.15) is 56.3 Å². The van der Waals surface area contributed by atoms with E-state index in [0.717, 1.165) is 62.3 Å². The van der Waals surface area contributed by atoms with Crippen LogP contribution >= 0.6 is 0 Å². The van der Waals surface area contributed by atoms with Crippen molar-refractivity contribution < 1.29 is 171 Å². The van der Waals surface area contributed by atoms with Crippen LogP contribution in [-0.4, -0.2) is 325 Å². The predicted molar refractivity (Wildman–Crippen MR) is 378 cm³/mol. The Bertz CT molecular complexity index is 2730. The Morgan fingerprint density at radius 2 is 0.504 bits per heavy atom. The second-order valence-corrected chi connectivity index (χ2v) is 25.9. The van der Waals surface area contributed by atoms with E-state index in [1.165, 1.54) is 20.8 Å². The third-order valence-corrected chi connectivity index (χ3v) is 16.1. The summed E-state index contributed by atoms with van der Waals surface area (Å²) in [5, 5.41) is 16.1. The van der Waals surface area contributed by atoms with Crippen molar-refractivity contribution in [2.75, 3.05) is 139 Å². The van der Waals surface area contributed by atoms with E-state index in [1.807, 2.05) is 0 Å². The van der Waals surface area contributed by atoms with Crippen LogP contribution in [0.3, 0.4) is 0 Å². The SMILES string of the molecule is CC(=O)NC1C(OCCOCCOCCNC(=O)CCC(N)(CCC(=O)NCCOCCOCCOC2OC(COC(C)=O)C(OC(C)=O)C(OC(C)=O)C2NC(C)=O)CCC(=O)NCCOCCOCCOC2OC(COC(C)=O)C(OC(C)=O)C(OC(C)=O)C2NC(C)=O)OC(COC(C)=O)C(OC(C)=O)C1OC(C)=O. The van der Waals surface area contributed by atoms with Crippen molar-refractivity contribution in [2.45, 2.75) is 219 Å². The molecule has 0 bridgehead atoms. The van der Waals surface area contributed by atoms with Gasteiger partial charge in [-0.05, 0) is 19.3 Å². The Labute approximate surface area is 653 Å². The molecule has 3 aliphatic rings. The van der Waals surface area contributed by atoms with Gasteiger partial charge in [-0.3, -0.25) is 71.9 Å². The van der Waals surface area contributed by atoms with Gasteiger partial charge in [-0.15, -0.1) is 0 Å². The van der Waals surface area contributed by atoms with Gasteiger partial charge in [0.2, 0.25) is 35.4 Å². The van der Waals surface area contributed by atoms with Gasteiger partial charge < -0.3 is 137 Å². The number of hydrogen-bond donors (Lipinski definition) is 7. The van der Waals surface area contributed by atoms with Crippen molar-refractivity contribution in [3.63, 3.8) is 0 Å². The van der Waals surface area contributed by atoms with Crippen LogP contribution in [0.2, 0.25) is 0 Å². The predicted octanol–water partition coefficient (Wildman–Crippen LogP) is -3.51. The lowest BCUT2D eigenvalue weighted by Gasteiger charge is -2.44. The Kier molecular flexibility index (Phi) is 47.5.